The molecule has 3 aromatic rings. The molecule has 0 radical (unpaired) electrons. The maximum atomic E-state index is 6.08. The van der Waals surface area contributed by atoms with E-state index in [0.717, 1.165) is 23.3 Å². The SMILES string of the molecule is CNCc1nn(Cc2ccc(Cl)c(Cl)c2)c2ccccc12. The Morgan fingerprint density at radius 2 is 1.90 bits per heavy atom. The summed E-state index contributed by atoms with van der Waals surface area (Å²) in [5, 5.41) is 10.2. The summed E-state index contributed by atoms with van der Waals surface area (Å²) < 4.78 is 2.00. The third-order valence-corrected chi connectivity index (χ3v) is 4.13. The molecule has 1 heterocycles. The molecular formula is C16H15Cl2N3. The molecule has 0 bridgehead atoms. The van der Waals surface area contributed by atoms with Crippen LogP contribution < -0.4 is 5.32 Å². The highest BCUT2D eigenvalue weighted by atomic mass is 35.5. The summed E-state index contributed by atoms with van der Waals surface area (Å²) in [6.07, 6.45) is 0. The first-order valence-electron chi connectivity index (χ1n) is 6.72. The molecule has 5 heteroatoms. The Morgan fingerprint density at radius 1 is 1.10 bits per heavy atom. The Morgan fingerprint density at radius 3 is 2.67 bits per heavy atom. The van der Waals surface area contributed by atoms with Crippen molar-refractivity contribution >= 4 is 34.1 Å². The van der Waals surface area contributed by atoms with Gasteiger partial charge in [0, 0.05) is 11.9 Å². The van der Waals surface area contributed by atoms with Crippen LogP contribution in [0.1, 0.15) is 11.3 Å². The number of nitrogens with zero attached hydrogens (tertiary/aromatic N) is 2. The first-order valence-corrected chi connectivity index (χ1v) is 7.47. The average molecular weight is 320 g/mol. The second-order valence-electron chi connectivity index (χ2n) is 4.90. The van der Waals surface area contributed by atoms with Crippen LogP contribution in [-0.2, 0) is 13.1 Å². The fourth-order valence-electron chi connectivity index (χ4n) is 2.43. The van der Waals surface area contributed by atoms with Gasteiger partial charge in [-0.1, -0.05) is 47.5 Å². The quantitative estimate of drug-likeness (QED) is 0.784. The van der Waals surface area contributed by atoms with Crippen molar-refractivity contribution in [2.45, 2.75) is 13.1 Å². The van der Waals surface area contributed by atoms with Crippen molar-refractivity contribution in [1.82, 2.24) is 15.1 Å². The van der Waals surface area contributed by atoms with Crippen LogP contribution in [0.2, 0.25) is 10.0 Å². The number of hydrogen-bond acceptors (Lipinski definition) is 2. The first kappa shape index (κ1) is 14.4. The third kappa shape index (κ3) is 2.91. The van der Waals surface area contributed by atoms with Crippen LogP contribution in [0.5, 0.6) is 0 Å². The summed E-state index contributed by atoms with van der Waals surface area (Å²) >= 11 is 12.0. The highest BCUT2D eigenvalue weighted by Crippen LogP contribution is 2.24. The molecule has 3 nitrogen and oxygen atoms in total. The van der Waals surface area contributed by atoms with Gasteiger partial charge in [-0.2, -0.15) is 5.10 Å². The van der Waals surface area contributed by atoms with Crippen molar-refractivity contribution < 1.29 is 0 Å². The molecule has 0 unspecified atom stereocenters. The minimum absolute atomic E-state index is 0.570. The van der Waals surface area contributed by atoms with Gasteiger partial charge in [-0.25, -0.2) is 0 Å². The first-order chi connectivity index (χ1) is 10.2. The van der Waals surface area contributed by atoms with Crippen LogP contribution in [0.3, 0.4) is 0 Å². The van der Waals surface area contributed by atoms with E-state index in [1.807, 2.05) is 42.1 Å². The normalized spacial score (nSPS) is 11.2. The van der Waals surface area contributed by atoms with Crippen molar-refractivity contribution in [3.05, 3.63) is 63.8 Å². The van der Waals surface area contributed by atoms with Gasteiger partial charge >= 0.3 is 0 Å². The summed E-state index contributed by atoms with van der Waals surface area (Å²) in [5.74, 6) is 0. The number of nitrogens with one attached hydrogen (secondary N) is 1. The lowest BCUT2D eigenvalue weighted by Gasteiger charge is -2.05. The number of benzene rings is 2. The van der Waals surface area contributed by atoms with Crippen molar-refractivity contribution in [2.24, 2.45) is 0 Å². The lowest BCUT2D eigenvalue weighted by molar-refractivity contribution is 0.677. The highest BCUT2D eigenvalue weighted by Gasteiger charge is 2.10. The van der Waals surface area contributed by atoms with Gasteiger partial charge in [-0.3, -0.25) is 4.68 Å². The van der Waals surface area contributed by atoms with E-state index in [4.69, 9.17) is 28.3 Å². The van der Waals surface area contributed by atoms with Gasteiger partial charge in [-0.15, -0.1) is 0 Å². The van der Waals surface area contributed by atoms with E-state index in [1.54, 1.807) is 0 Å². The topological polar surface area (TPSA) is 29.9 Å². The van der Waals surface area contributed by atoms with E-state index in [-0.39, 0.29) is 0 Å². The van der Waals surface area contributed by atoms with Crippen LogP contribution in [0.15, 0.2) is 42.5 Å². The van der Waals surface area contributed by atoms with E-state index >= 15 is 0 Å². The molecule has 108 valence electrons. The molecule has 0 saturated carbocycles. The Kier molecular flexibility index (Phi) is 4.15. The molecule has 0 amide bonds. The van der Waals surface area contributed by atoms with E-state index in [9.17, 15) is 0 Å². The summed E-state index contributed by atoms with van der Waals surface area (Å²) in [5.41, 5.74) is 3.25. The van der Waals surface area contributed by atoms with Crippen molar-refractivity contribution in [2.75, 3.05) is 7.05 Å². The zero-order chi connectivity index (χ0) is 14.8. The largest absolute Gasteiger partial charge is 0.314 e. The van der Waals surface area contributed by atoms with Crippen LogP contribution in [0, 0.1) is 0 Å². The fourth-order valence-corrected chi connectivity index (χ4v) is 2.75. The predicted molar refractivity (Wildman–Crippen MR) is 88.1 cm³/mol. The van der Waals surface area contributed by atoms with Gasteiger partial charge < -0.3 is 5.32 Å². The number of halogens is 2. The summed E-state index contributed by atoms with van der Waals surface area (Å²) in [6.45, 7) is 1.41. The van der Waals surface area contributed by atoms with Gasteiger partial charge in [0.05, 0.1) is 27.8 Å². The van der Waals surface area contributed by atoms with Crippen LogP contribution in [0.4, 0.5) is 0 Å². The van der Waals surface area contributed by atoms with E-state index < -0.39 is 0 Å². The molecule has 0 aliphatic rings. The van der Waals surface area contributed by atoms with Crippen LogP contribution in [0.25, 0.3) is 10.9 Å². The number of rotatable bonds is 4. The zero-order valence-corrected chi connectivity index (χ0v) is 13.1. The number of aromatic nitrogens is 2. The van der Waals surface area contributed by atoms with E-state index in [1.165, 1.54) is 5.39 Å². The molecule has 0 aliphatic carbocycles. The standard InChI is InChI=1S/C16H15Cl2N3/c1-19-9-15-12-4-2-3-5-16(12)21(20-15)10-11-6-7-13(17)14(18)8-11/h2-8,19H,9-10H2,1H3. The number of para-hydroxylation sites is 1. The Hall–Kier alpha value is -1.55. The van der Waals surface area contributed by atoms with E-state index in [2.05, 4.69) is 17.4 Å². The molecule has 0 fully saturated rings. The van der Waals surface area contributed by atoms with Crippen molar-refractivity contribution in [1.29, 1.82) is 0 Å². The molecule has 1 aromatic heterocycles. The van der Waals surface area contributed by atoms with Gasteiger partial charge in [0.2, 0.25) is 0 Å². The summed E-state index contributed by atoms with van der Waals surface area (Å²) in [6, 6.07) is 13.9. The molecule has 0 saturated heterocycles. The van der Waals surface area contributed by atoms with Gasteiger partial charge in [0.25, 0.3) is 0 Å². The predicted octanol–water partition coefficient (Wildman–Crippen LogP) is 4.11. The van der Waals surface area contributed by atoms with E-state index in [0.29, 0.717) is 16.6 Å². The van der Waals surface area contributed by atoms with Crippen LogP contribution in [-0.4, -0.2) is 16.8 Å². The number of hydrogen-bond donors (Lipinski definition) is 1. The lowest BCUT2D eigenvalue weighted by atomic mass is 10.2. The van der Waals surface area contributed by atoms with Crippen molar-refractivity contribution in [3.63, 3.8) is 0 Å². The van der Waals surface area contributed by atoms with Gasteiger partial charge in [0.15, 0.2) is 0 Å². The summed E-state index contributed by atoms with van der Waals surface area (Å²) in [4.78, 5) is 0. The molecular weight excluding hydrogens is 305 g/mol. The zero-order valence-electron chi connectivity index (χ0n) is 11.6. The molecule has 0 aliphatic heterocycles. The maximum Gasteiger partial charge on any atom is 0.0841 e. The number of fused-ring (bicyclic) bond motifs is 1. The minimum atomic E-state index is 0.570. The lowest BCUT2D eigenvalue weighted by Crippen LogP contribution is -2.07. The average Bonchev–Trinajstić information content (AvgIpc) is 2.82. The Labute approximate surface area is 133 Å². The minimum Gasteiger partial charge on any atom is -0.314 e. The molecule has 0 spiro atoms. The smallest absolute Gasteiger partial charge is 0.0841 e. The Balaban J connectivity index is 2.01. The third-order valence-electron chi connectivity index (χ3n) is 3.40. The van der Waals surface area contributed by atoms with Crippen LogP contribution >= 0.6 is 23.2 Å². The van der Waals surface area contributed by atoms with Crippen molar-refractivity contribution in [3.8, 4) is 0 Å². The fraction of sp³-hybridized carbons (Fsp3) is 0.188. The Bertz CT molecular complexity index is 780. The highest BCUT2D eigenvalue weighted by molar-refractivity contribution is 6.42. The molecule has 0 atom stereocenters. The summed E-state index contributed by atoms with van der Waals surface area (Å²) in [7, 11) is 1.92. The van der Waals surface area contributed by atoms with Gasteiger partial charge in [0.1, 0.15) is 0 Å². The molecule has 21 heavy (non-hydrogen) atoms. The molecule has 3 rings (SSSR count). The van der Waals surface area contributed by atoms with Gasteiger partial charge in [-0.05, 0) is 30.8 Å². The second kappa shape index (κ2) is 6.06. The maximum absolute atomic E-state index is 6.08. The molecule has 1 N–H and O–H groups in total. The monoisotopic (exact) mass is 319 g/mol. The molecule has 2 aromatic carbocycles. The second-order valence-corrected chi connectivity index (χ2v) is 5.71.